The topological polar surface area (TPSA) is 92.2 Å². The number of thiocarbonyl (C=S) groups is 1. The van der Waals surface area contributed by atoms with Crippen molar-refractivity contribution in [2.45, 2.75) is 13.8 Å². The number of aromatic nitrogens is 1. The lowest BCUT2D eigenvalue weighted by atomic mass is 10.1. The predicted molar refractivity (Wildman–Crippen MR) is 101 cm³/mol. The van der Waals surface area contributed by atoms with Crippen molar-refractivity contribution < 1.29 is 14.4 Å². The molecular weight excluding hydrogens is 352 g/mol. The number of hydrogen-bond donors (Lipinski definition) is 3. The largest absolute Gasteiger partial charge is 0.299 e. The average molecular weight is 368 g/mol. The molecule has 2 heterocycles. The van der Waals surface area contributed by atoms with Gasteiger partial charge in [-0.15, -0.1) is 0 Å². The molecule has 132 valence electrons. The standard InChI is InChI=1S/C18H16N4O3S/c1-10-8-13(9-14-16(24)19-18(26)20-17(14)25)11(2)22(10)21-15(23)12-6-4-3-5-7-12/h3-9H,1-2H3,(H,21,23)(H2,19,20,24,25,26). The minimum atomic E-state index is -0.558. The zero-order valence-electron chi connectivity index (χ0n) is 14.1. The van der Waals surface area contributed by atoms with E-state index in [0.717, 1.165) is 5.69 Å². The third kappa shape index (κ3) is 3.40. The second kappa shape index (κ2) is 6.93. The molecule has 1 aliphatic heterocycles. The zero-order chi connectivity index (χ0) is 18.8. The van der Waals surface area contributed by atoms with E-state index in [-0.39, 0.29) is 16.6 Å². The number of amides is 3. The number of benzene rings is 1. The first-order valence-corrected chi connectivity index (χ1v) is 8.21. The van der Waals surface area contributed by atoms with E-state index >= 15 is 0 Å². The molecular formula is C18H16N4O3S. The van der Waals surface area contributed by atoms with Crippen LogP contribution in [0.5, 0.6) is 0 Å². The third-order valence-corrected chi connectivity index (χ3v) is 4.17. The second-order valence-electron chi connectivity index (χ2n) is 5.76. The molecule has 3 amide bonds. The van der Waals surface area contributed by atoms with E-state index in [1.54, 1.807) is 41.9 Å². The minimum Gasteiger partial charge on any atom is -0.299 e. The smallest absolute Gasteiger partial charge is 0.270 e. The molecule has 26 heavy (non-hydrogen) atoms. The molecule has 1 aromatic carbocycles. The van der Waals surface area contributed by atoms with E-state index in [9.17, 15) is 14.4 Å². The van der Waals surface area contributed by atoms with Crippen molar-refractivity contribution in [1.82, 2.24) is 15.3 Å². The number of rotatable bonds is 3. The lowest BCUT2D eigenvalue weighted by Gasteiger charge is -2.16. The van der Waals surface area contributed by atoms with Crippen molar-refractivity contribution in [2.75, 3.05) is 5.43 Å². The average Bonchev–Trinajstić information content (AvgIpc) is 2.86. The maximum atomic E-state index is 12.4. The summed E-state index contributed by atoms with van der Waals surface area (Å²) < 4.78 is 1.62. The number of nitrogens with zero attached hydrogens (tertiary/aromatic N) is 1. The van der Waals surface area contributed by atoms with Gasteiger partial charge in [-0.25, -0.2) is 0 Å². The Bertz CT molecular complexity index is 938. The first-order valence-electron chi connectivity index (χ1n) is 7.80. The fraction of sp³-hybridized carbons (Fsp3) is 0.111. The first kappa shape index (κ1) is 17.6. The molecule has 0 aliphatic carbocycles. The quantitative estimate of drug-likeness (QED) is 0.434. The minimum absolute atomic E-state index is 0.0160. The Labute approximate surface area is 155 Å². The van der Waals surface area contributed by atoms with Crippen LogP contribution in [0.25, 0.3) is 6.08 Å². The van der Waals surface area contributed by atoms with Crippen molar-refractivity contribution in [3.8, 4) is 0 Å². The molecule has 1 saturated heterocycles. The van der Waals surface area contributed by atoms with Crippen molar-refractivity contribution in [3.05, 3.63) is 64.5 Å². The molecule has 3 rings (SSSR count). The summed E-state index contributed by atoms with van der Waals surface area (Å²) >= 11 is 4.78. The van der Waals surface area contributed by atoms with E-state index in [1.165, 1.54) is 6.08 Å². The van der Waals surface area contributed by atoms with Crippen LogP contribution >= 0.6 is 12.2 Å². The molecule has 0 bridgehead atoms. The van der Waals surface area contributed by atoms with Gasteiger partial charge in [-0.3, -0.25) is 35.1 Å². The Hall–Kier alpha value is -3.26. The van der Waals surface area contributed by atoms with Gasteiger partial charge in [-0.1, -0.05) is 18.2 Å². The molecule has 1 fully saturated rings. The highest BCUT2D eigenvalue weighted by atomic mass is 32.1. The molecule has 1 aromatic heterocycles. The molecule has 0 radical (unpaired) electrons. The summed E-state index contributed by atoms with van der Waals surface area (Å²) in [6.07, 6.45) is 1.47. The second-order valence-corrected chi connectivity index (χ2v) is 6.17. The summed E-state index contributed by atoms with van der Waals surface area (Å²) in [7, 11) is 0. The van der Waals surface area contributed by atoms with Gasteiger partial charge in [0.05, 0.1) is 0 Å². The molecule has 0 unspecified atom stereocenters. The molecule has 1 aliphatic rings. The van der Waals surface area contributed by atoms with Gasteiger partial charge in [0.25, 0.3) is 17.7 Å². The van der Waals surface area contributed by atoms with Gasteiger partial charge in [-0.05, 0) is 55.9 Å². The Morgan fingerprint density at radius 3 is 2.35 bits per heavy atom. The van der Waals surface area contributed by atoms with Gasteiger partial charge < -0.3 is 0 Å². The number of nitrogens with one attached hydrogen (secondary N) is 3. The Morgan fingerprint density at radius 1 is 1.12 bits per heavy atom. The van der Waals surface area contributed by atoms with E-state index in [4.69, 9.17) is 12.2 Å². The third-order valence-electron chi connectivity index (χ3n) is 3.96. The Kier molecular flexibility index (Phi) is 4.68. The molecule has 0 saturated carbocycles. The SMILES string of the molecule is Cc1cc(C=C2C(=O)NC(=S)NC2=O)c(C)n1NC(=O)c1ccccc1. The number of hydrogen-bond acceptors (Lipinski definition) is 4. The fourth-order valence-electron chi connectivity index (χ4n) is 2.62. The van der Waals surface area contributed by atoms with Crippen LogP contribution in [-0.4, -0.2) is 27.5 Å². The van der Waals surface area contributed by atoms with Gasteiger partial charge in [0.1, 0.15) is 5.57 Å². The summed E-state index contributed by atoms with van der Waals surface area (Å²) in [5, 5.41) is 4.76. The van der Waals surface area contributed by atoms with Crippen LogP contribution in [0.3, 0.4) is 0 Å². The Balaban J connectivity index is 1.90. The maximum absolute atomic E-state index is 12.4. The van der Waals surface area contributed by atoms with Gasteiger partial charge in [-0.2, -0.15) is 0 Å². The highest BCUT2D eigenvalue weighted by Crippen LogP contribution is 2.18. The molecule has 3 N–H and O–H groups in total. The van der Waals surface area contributed by atoms with Crippen molar-refractivity contribution in [1.29, 1.82) is 0 Å². The fourth-order valence-corrected chi connectivity index (χ4v) is 2.81. The van der Waals surface area contributed by atoms with E-state index in [0.29, 0.717) is 16.8 Å². The number of aryl methyl sites for hydroxylation is 1. The summed E-state index contributed by atoms with van der Waals surface area (Å²) in [4.78, 5) is 36.3. The van der Waals surface area contributed by atoms with Gasteiger partial charge in [0.15, 0.2) is 5.11 Å². The summed E-state index contributed by atoms with van der Waals surface area (Å²) in [6, 6.07) is 10.6. The number of carbonyl (C=O) groups is 3. The van der Waals surface area contributed by atoms with E-state index in [1.807, 2.05) is 13.0 Å². The monoisotopic (exact) mass is 368 g/mol. The van der Waals surface area contributed by atoms with Crippen LogP contribution in [0.4, 0.5) is 0 Å². The molecule has 0 atom stereocenters. The van der Waals surface area contributed by atoms with Crippen molar-refractivity contribution >= 4 is 41.1 Å². The zero-order valence-corrected chi connectivity index (χ0v) is 14.9. The van der Waals surface area contributed by atoms with Gasteiger partial charge >= 0.3 is 0 Å². The summed E-state index contributed by atoms with van der Waals surface area (Å²) in [6.45, 7) is 3.60. The van der Waals surface area contributed by atoms with Crippen LogP contribution in [-0.2, 0) is 9.59 Å². The molecule has 0 spiro atoms. The van der Waals surface area contributed by atoms with Gasteiger partial charge in [0, 0.05) is 17.0 Å². The van der Waals surface area contributed by atoms with E-state index in [2.05, 4.69) is 16.1 Å². The lowest BCUT2D eigenvalue weighted by Crippen LogP contribution is -2.51. The summed E-state index contributed by atoms with van der Waals surface area (Å²) in [5.41, 5.74) is 5.37. The first-order chi connectivity index (χ1) is 12.4. The molecule has 8 heteroatoms. The highest BCUT2D eigenvalue weighted by Gasteiger charge is 2.26. The number of carbonyl (C=O) groups excluding carboxylic acids is 3. The van der Waals surface area contributed by atoms with Crippen LogP contribution in [0.1, 0.15) is 27.3 Å². The van der Waals surface area contributed by atoms with Crippen LogP contribution in [0, 0.1) is 13.8 Å². The highest BCUT2D eigenvalue weighted by molar-refractivity contribution is 7.80. The normalized spacial score (nSPS) is 13.9. The molecule has 7 nitrogen and oxygen atoms in total. The van der Waals surface area contributed by atoms with Crippen molar-refractivity contribution in [2.24, 2.45) is 0 Å². The maximum Gasteiger partial charge on any atom is 0.270 e. The van der Waals surface area contributed by atoms with Crippen LogP contribution in [0.15, 0.2) is 42.0 Å². The predicted octanol–water partition coefficient (Wildman–Crippen LogP) is 1.40. The van der Waals surface area contributed by atoms with Crippen molar-refractivity contribution in [3.63, 3.8) is 0 Å². The Morgan fingerprint density at radius 2 is 1.73 bits per heavy atom. The summed E-state index contributed by atoms with van der Waals surface area (Å²) in [5.74, 6) is -1.38. The van der Waals surface area contributed by atoms with E-state index < -0.39 is 11.8 Å². The van der Waals surface area contributed by atoms with Gasteiger partial charge in [0.2, 0.25) is 0 Å². The van der Waals surface area contributed by atoms with Crippen LogP contribution in [0.2, 0.25) is 0 Å². The lowest BCUT2D eigenvalue weighted by molar-refractivity contribution is -0.123. The van der Waals surface area contributed by atoms with Crippen LogP contribution < -0.4 is 16.1 Å². The molecule has 2 aromatic rings.